The van der Waals surface area contributed by atoms with Gasteiger partial charge in [0.05, 0.1) is 26.3 Å². The van der Waals surface area contributed by atoms with Crippen molar-refractivity contribution in [3.63, 3.8) is 0 Å². The lowest BCUT2D eigenvalue weighted by atomic mass is 9.99. The predicted molar refractivity (Wildman–Crippen MR) is 196 cm³/mol. The predicted octanol–water partition coefficient (Wildman–Crippen LogP) is 8.12. The molecule has 2 atom stereocenters. The number of carbonyl (C=O) groups excluding carboxylic acids is 4. The zero-order chi connectivity index (χ0) is 37.9. The fourth-order valence-electron chi connectivity index (χ4n) is 3.90. The average Bonchev–Trinajstić information content (AvgIpc) is 2.99. The van der Waals surface area contributed by atoms with E-state index in [2.05, 4.69) is 17.2 Å². The summed E-state index contributed by atoms with van der Waals surface area (Å²) in [5.41, 5.74) is 0.908. The number of alkyl carbamates (subject to hydrolysis) is 2. The molecule has 2 aromatic carbocycles. The molecule has 0 aliphatic rings. The number of rotatable bonds is 11. The van der Waals surface area contributed by atoms with Crippen molar-refractivity contribution in [2.45, 2.75) is 99.4 Å². The van der Waals surface area contributed by atoms with Crippen LogP contribution in [0.25, 0.3) is 6.08 Å². The highest BCUT2D eigenvalue weighted by atomic mass is 16.6. The molecule has 0 aromatic heterocycles. The number of ketones is 2. The Bertz CT molecular complexity index is 1380. The number of carbonyl (C=O) groups is 4. The molecule has 0 spiro atoms. The average molecular weight is 683 g/mol. The number of hydrogen-bond acceptors (Lipinski definition) is 8. The van der Waals surface area contributed by atoms with Crippen LogP contribution < -0.4 is 20.1 Å². The first-order valence-electron chi connectivity index (χ1n) is 16.2. The van der Waals surface area contributed by atoms with Crippen LogP contribution >= 0.6 is 0 Å². The number of nitrogens with one attached hydrogen (secondary N) is 2. The molecule has 0 fully saturated rings. The Morgan fingerprint density at radius 1 is 0.694 bits per heavy atom. The number of amides is 2. The van der Waals surface area contributed by atoms with E-state index in [4.69, 9.17) is 18.9 Å². The minimum absolute atomic E-state index is 0.00183. The summed E-state index contributed by atoms with van der Waals surface area (Å²) < 4.78 is 20.4. The first-order valence-corrected chi connectivity index (χ1v) is 16.2. The van der Waals surface area contributed by atoms with E-state index in [-0.39, 0.29) is 23.4 Å². The summed E-state index contributed by atoms with van der Waals surface area (Å²) in [5, 5.41) is 5.19. The zero-order valence-corrected chi connectivity index (χ0v) is 31.6. The number of ether oxygens (including phenoxy) is 4. The van der Waals surface area contributed by atoms with E-state index in [9.17, 15) is 19.2 Å². The van der Waals surface area contributed by atoms with E-state index < -0.39 is 35.5 Å². The van der Waals surface area contributed by atoms with Crippen molar-refractivity contribution >= 4 is 29.8 Å². The monoisotopic (exact) mass is 682 g/mol. The lowest BCUT2D eigenvalue weighted by molar-refractivity contribution is -0.118. The van der Waals surface area contributed by atoms with Crippen LogP contribution in [0.3, 0.4) is 0 Å². The molecule has 0 aliphatic carbocycles. The Kier molecular flexibility index (Phi) is 19.4. The van der Waals surface area contributed by atoms with Crippen molar-refractivity contribution in [2.24, 2.45) is 11.8 Å². The second-order valence-corrected chi connectivity index (χ2v) is 13.9. The third-order valence-electron chi connectivity index (χ3n) is 6.25. The van der Waals surface area contributed by atoms with Gasteiger partial charge < -0.3 is 29.6 Å². The number of aryl methyl sites for hydroxylation is 1. The molecule has 0 saturated carbocycles. The summed E-state index contributed by atoms with van der Waals surface area (Å²) in [6, 6.07) is 14.1. The van der Waals surface area contributed by atoms with E-state index in [1.165, 1.54) is 17.7 Å². The van der Waals surface area contributed by atoms with Gasteiger partial charge in [-0.3, -0.25) is 9.59 Å². The zero-order valence-electron chi connectivity index (χ0n) is 31.6. The van der Waals surface area contributed by atoms with Crippen LogP contribution in [-0.2, 0) is 19.1 Å². The molecule has 2 aromatic rings. The van der Waals surface area contributed by atoms with Crippen LogP contribution in [0.4, 0.5) is 9.59 Å². The molecule has 0 saturated heterocycles. The highest BCUT2D eigenvalue weighted by Gasteiger charge is 2.26. The molecule has 2 rings (SSSR count). The number of benzene rings is 2. The van der Waals surface area contributed by atoms with Gasteiger partial charge in [0.2, 0.25) is 0 Å². The fourth-order valence-corrected chi connectivity index (χ4v) is 3.90. The number of hydrogen-bond donors (Lipinski definition) is 2. The van der Waals surface area contributed by atoms with E-state index in [1.807, 2.05) is 83.1 Å². The van der Waals surface area contributed by atoms with Gasteiger partial charge in [-0.25, -0.2) is 9.59 Å². The van der Waals surface area contributed by atoms with E-state index in [1.54, 1.807) is 61.8 Å². The molecule has 10 heteroatoms. The molecule has 2 amide bonds. The molecule has 49 heavy (non-hydrogen) atoms. The fraction of sp³-hybridized carbons (Fsp3) is 0.487. The van der Waals surface area contributed by atoms with Crippen molar-refractivity contribution in [2.75, 3.05) is 14.2 Å². The Hall–Kier alpha value is -4.60. The summed E-state index contributed by atoms with van der Waals surface area (Å²) in [7, 11) is 3.27. The van der Waals surface area contributed by atoms with Gasteiger partial charge in [0.25, 0.3) is 0 Å². The Morgan fingerprint density at radius 3 is 1.49 bits per heavy atom. The SMILES string of the molecule is C=CC(=O)[C@H](NC(=O)OC(C)(C)C)C(C)C.COc1cccc(/C=C/C(=O)[C@H](NC(=O)OC(C)(C)C)C(C)C)c1.COc1cccc(C)c1. The van der Waals surface area contributed by atoms with Crippen molar-refractivity contribution in [1.82, 2.24) is 10.6 Å². The van der Waals surface area contributed by atoms with Crippen LogP contribution in [-0.4, -0.2) is 61.3 Å². The summed E-state index contributed by atoms with van der Waals surface area (Å²) in [4.78, 5) is 47.3. The van der Waals surface area contributed by atoms with Crippen LogP contribution in [0.15, 0.2) is 67.3 Å². The topological polar surface area (TPSA) is 129 Å². The Morgan fingerprint density at radius 2 is 1.12 bits per heavy atom. The summed E-state index contributed by atoms with van der Waals surface area (Å²) in [6.45, 7) is 23.5. The Labute approximate surface area is 293 Å². The van der Waals surface area contributed by atoms with Gasteiger partial charge in [-0.05, 0) is 108 Å². The van der Waals surface area contributed by atoms with Gasteiger partial charge >= 0.3 is 12.2 Å². The van der Waals surface area contributed by atoms with Crippen LogP contribution in [0.1, 0.15) is 80.4 Å². The van der Waals surface area contributed by atoms with Crippen LogP contribution in [0.2, 0.25) is 0 Å². The van der Waals surface area contributed by atoms with Gasteiger partial charge in [-0.1, -0.05) is 64.6 Å². The smallest absolute Gasteiger partial charge is 0.408 e. The van der Waals surface area contributed by atoms with Gasteiger partial charge in [0.15, 0.2) is 11.6 Å². The van der Waals surface area contributed by atoms with Crippen molar-refractivity contribution in [3.05, 3.63) is 78.4 Å². The summed E-state index contributed by atoms with van der Waals surface area (Å²) in [6.07, 6.45) is 3.21. The Balaban J connectivity index is 0.000000787. The molecule has 2 N–H and O–H groups in total. The number of methoxy groups -OCH3 is 2. The van der Waals surface area contributed by atoms with Gasteiger partial charge in [0.1, 0.15) is 22.7 Å². The molecular formula is C39H58N2O8. The standard InChI is InChI=1S/C19H27NO4.C12H21NO3.C8H10O/c1-13(2)17(20-18(22)24-19(3,4)5)16(21)11-10-14-8-7-9-15(12-14)23-6;1-7-9(14)10(8(2)3)13-11(15)16-12(4,5)6;1-7-4-3-5-8(6-7)9-2/h7-13,17H,1-6H3,(H,20,22);7-8,10H,1H2,2-6H3,(H,13,15);3-6H,1-2H3/b11-10+;;/t17-;10-;/m11./s1. The minimum atomic E-state index is -0.637. The largest absolute Gasteiger partial charge is 0.497 e. The van der Waals surface area contributed by atoms with Gasteiger partial charge in [0, 0.05) is 0 Å². The maximum atomic E-state index is 12.4. The maximum absolute atomic E-state index is 12.4. The molecular weight excluding hydrogens is 624 g/mol. The highest BCUT2D eigenvalue weighted by molar-refractivity contribution is 5.99. The van der Waals surface area contributed by atoms with E-state index in [0.29, 0.717) is 0 Å². The summed E-state index contributed by atoms with van der Waals surface area (Å²) >= 11 is 0. The third-order valence-corrected chi connectivity index (χ3v) is 6.25. The lowest BCUT2D eigenvalue weighted by Crippen LogP contribution is -2.45. The molecule has 0 unspecified atom stereocenters. The quantitative estimate of drug-likeness (QED) is 0.227. The first kappa shape index (κ1) is 44.4. The molecule has 10 nitrogen and oxygen atoms in total. The lowest BCUT2D eigenvalue weighted by Gasteiger charge is -2.24. The molecule has 272 valence electrons. The second-order valence-electron chi connectivity index (χ2n) is 13.9. The minimum Gasteiger partial charge on any atom is -0.497 e. The first-order chi connectivity index (χ1) is 22.6. The highest BCUT2D eigenvalue weighted by Crippen LogP contribution is 2.15. The third kappa shape index (κ3) is 20.4. The van der Waals surface area contributed by atoms with Gasteiger partial charge in [-0.2, -0.15) is 0 Å². The van der Waals surface area contributed by atoms with E-state index in [0.717, 1.165) is 17.1 Å². The normalized spacial score (nSPS) is 12.3. The molecule has 0 radical (unpaired) electrons. The van der Waals surface area contributed by atoms with Crippen molar-refractivity contribution in [3.8, 4) is 11.5 Å². The molecule has 0 bridgehead atoms. The van der Waals surface area contributed by atoms with Crippen LogP contribution in [0, 0.1) is 18.8 Å². The second kappa shape index (κ2) is 21.4. The summed E-state index contributed by atoms with van der Waals surface area (Å²) in [5.74, 6) is 1.20. The molecule has 0 heterocycles. The van der Waals surface area contributed by atoms with E-state index >= 15 is 0 Å². The van der Waals surface area contributed by atoms with Gasteiger partial charge in [-0.15, -0.1) is 0 Å². The maximum Gasteiger partial charge on any atom is 0.408 e. The molecule has 0 aliphatic heterocycles. The van der Waals surface area contributed by atoms with Crippen molar-refractivity contribution < 1.29 is 38.1 Å². The van der Waals surface area contributed by atoms with Crippen molar-refractivity contribution in [1.29, 1.82) is 0 Å². The van der Waals surface area contributed by atoms with Crippen LogP contribution in [0.5, 0.6) is 11.5 Å².